The molecule has 2 aromatic carbocycles. The summed E-state index contributed by atoms with van der Waals surface area (Å²) in [6.07, 6.45) is 2.18. The Bertz CT molecular complexity index is 710. The maximum atomic E-state index is 12.4. The van der Waals surface area contributed by atoms with E-state index in [1.54, 1.807) is 4.90 Å². The van der Waals surface area contributed by atoms with E-state index in [2.05, 4.69) is 0 Å². The molecule has 2 N–H and O–H groups in total. The highest BCUT2D eigenvalue weighted by molar-refractivity contribution is 6.30. The van der Waals surface area contributed by atoms with E-state index in [9.17, 15) is 4.79 Å². The molecule has 2 aromatic rings. The molecule has 1 aliphatic rings. The van der Waals surface area contributed by atoms with Crippen molar-refractivity contribution in [2.45, 2.75) is 31.4 Å². The number of amides is 1. The van der Waals surface area contributed by atoms with Gasteiger partial charge in [-0.2, -0.15) is 0 Å². The van der Waals surface area contributed by atoms with Crippen LogP contribution in [0.5, 0.6) is 0 Å². The van der Waals surface area contributed by atoms with Gasteiger partial charge in [0.1, 0.15) is 6.61 Å². The zero-order valence-corrected chi connectivity index (χ0v) is 16.1. The first-order valence-electron chi connectivity index (χ1n) is 8.53. The number of carbonyl (C=O) groups is 1. The van der Waals surface area contributed by atoms with Crippen molar-refractivity contribution in [1.29, 1.82) is 0 Å². The summed E-state index contributed by atoms with van der Waals surface area (Å²) >= 11 is 5.94. The number of ether oxygens (including phenoxy) is 1. The normalized spacial score (nSPS) is 19.5. The van der Waals surface area contributed by atoms with Crippen LogP contribution in [0, 0.1) is 0 Å². The first-order chi connectivity index (χ1) is 12.0. The molecule has 0 spiro atoms. The Morgan fingerprint density at radius 3 is 2.50 bits per heavy atom. The molecular weight excluding hydrogens is 371 g/mol. The van der Waals surface area contributed by atoms with Gasteiger partial charge in [0, 0.05) is 23.7 Å². The SMILES string of the molecule is Cl.NC1(Cc2ccc(Cl)cc2)CCCN(C(=O)OCc2ccccc2)C1. The van der Waals surface area contributed by atoms with E-state index < -0.39 is 5.54 Å². The highest BCUT2D eigenvalue weighted by Crippen LogP contribution is 2.24. The van der Waals surface area contributed by atoms with Gasteiger partial charge in [-0.1, -0.05) is 54.1 Å². The molecule has 0 aromatic heterocycles. The lowest BCUT2D eigenvalue weighted by Gasteiger charge is -2.39. The maximum absolute atomic E-state index is 12.4. The highest BCUT2D eigenvalue weighted by Gasteiger charge is 2.34. The Morgan fingerprint density at radius 2 is 1.81 bits per heavy atom. The summed E-state index contributed by atoms with van der Waals surface area (Å²) in [5, 5.41) is 0.713. The van der Waals surface area contributed by atoms with Gasteiger partial charge in [-0.3, -0.25) is 0 Å². The first kappa shape index (κ1) is 20.6. The molecule has 1 saturated heterocycles. The van der Waals surface area contributed by atoms with Crippen molar-refractivity contribution in [3.05, 3.63) is 70.7 Å². The van der Waals surface area contributed by atoms with E-state index in [0.29, 0.717) is 24.5 Å². The van der Waals surface area contributed by atoms with Gasteiger partial charge in [-0.05, 0) is 42.5 Å². The summed E-state index contributed by atoms with van der Waals surface area (Å²) in [5.74, 6) is 0. The minimum absolute atomic E-state index is 0. The molecule has 1 aliphatic heterocycles. The van der Waals surface area contributed by atoms with Crippen molar-refractivity contribution in [3.63, 3.8) is 0 Å². The number of hydrogen-bond acceptors (Lipinski definition) is 3. The molecular formula is C20H24Cl2N2O2. The molecule has 1 heterocycles. The van der Waals surface area contributed by atoms with Crippen LogP contribution < -0.4 is 5.73 Å². The van der Waals surface area contributed by atoms with Crippen molar-refractivity contribution in [2.24, 2.45) is 5.73 Å². The van der Waals surface area contributed by atoms with Gasteiger partial charge in [-0.15, -0.1) is 12.4 Å². The Balaban J connectivity index is 0.00000243. The number of hydrogen-bond donors (Lipinski definition) is 1. The number of piperidine rings is 1. The number of nitrogens with two attached hydrogens (primary N) is 1. The minimum Gasteiger partial charge on any atom is -0.445 e. The van der Waals surface area contributed by atoms with Crippen LogP contribution in [0.25, 0.3) is 0 Å². The Kier molecular flexibility index (Phi) is 7.33. The second kappa shape index (κ2) is 9.26. The fourth-order valence-corrected chi connectivity index (χ4v) is 3.41. The van der Waals surface area contributed by atoms with E-state index in [0.717, 1.165) is 24.0 Å². The predicted octanol–water partition coefficient (Wildman–Crippen LogP) is 4.43. The second-order valence-electron chi connectivity index (χ2n) is 6.73. The number of halogens is 2. The summed E-state index contributed by atoms with van der Waals surface area (Å²) < 4.78 is 5.44. The molecule has 3 rings (SSSR count). The van der Waals surface area contributed by atoms with E-state index in [1.807, 2.05) is 54.6 Å². The molecule has 1 atom stereocenters. The van der Waals surface area contributed by atoms with Crippen LogP contribution in [0.2, 0.25) is 5.02 Å². The number of carbonyl (C=O) groups excluding carboxylic acids is 1. The quantitative estimate of drug-likeness (QED) is 0.833. The standard InChI is InChI=1S/C20H23ClN2O2.ClH/c21-18-9-7-16(8-10-18)13-20(22)11-4-12-23(15-20)19(24)25-14-17-5-2-1-3-6-17;/h1-3,5-10H,4,11-15,22H2;1H. The highest BCUT2D eigenvalue weighted by atomic mass is 35.5. The van der Waals surface area contributed by atoms with Gasteiger partial charge in [0.15, 0.2) is 0 Å². The second-order valence-corrected chi connectivity index (χ2v) is 7.17. The fourth-order valence-electron chi connectivity index (χ4n) is 3.28. The van der Waals surface area contributed by atoms with E-state index in [1.165, 1.54) is 0 Å². The fraction of sp³-hybridized carbons (Fsp3) is 0.350. The van der Waals surface area contributed by atoms with Crippen LogP contribution in [0.15, 0.2) is 54.6 Å². The van der Waals surface area contributed by atoms with Gasteiger partial charge >= 0.3 is 6.09 Å². The Labute approximate surface area is 165 Å². The molecule has 4 nitrogen and oxygen atoms in total. The third-order valence-corrected chi connectivity index (χ3v) is 4.79. The number of likely N-dealkylation sites (tertiary alicyclic amines) is 1. The molecule has 0 bridgehead atoms. The van der Waals surface area contributed by atoms with Gasteiger partial charge < -0.3 is 15.4 Å². The van der Waals surface area contributed by atoms with Crippen molar-refractivity contribution < 1.29 is 9.53 Å². The molecule has 140 valence electrons. The summed E-state index contributed by atoms with van der Waals surface area (Å²) in [6.45, 7) is 1.47. The smallest absolute Gasteiger partial charge is 0.410 e. The largest absolute Gasteiger partial charge is 0.445 e. The average Bonchev–Trinajstić information content (AvgIpc) is 2.62. The monoisotopic (exact) mass is 394 g/mol. The summed E-state index contributed by atoms with van der Waals surface area (Å²) in [6, 6.07) is 17.4. The molecule has 6 heteroatoms. The van der Waals surface area contributed by atoms with Crippen LogP contribution in [0.3, 0.4) is 0 Å². The van der Waals surface area contributed by atoms with E-state index in [4.69, 9.17) is 22.1 Å². The van der Waals surface area contributed by atoms with E-state index >= 15 is 0 Å². The van der Waals surface area contributed by atoms with Gasteiger partial charge in [-0.25, -0.2) is 4.79 Å². The molecule has 1 unspecified atom stereocenters. The topological polar surface area (TPSA) is 55.6 Å². The summed E-state index contributed by atoms with van der Waals surface area (Å²) in [7, 11) is 0. The Morgan fingerprint density at radius 1 is 1.12 bits per heavy atom. The van der Waals surface area contributed by atoms with Crippen LogP contribution in [-0.4, -0.2) is 29.6 Å². The van der Waals surface area contributed by atoms with Crippen LogP contribution in [0.4, 0.5) is 4.79 Å². The summed E-state index contributed by atoms with van der Waals surface area (Å²) in [5.41, 5.74) is 8.26. The lowest BCUT2D eigenvalue weighted by Crippen LogP contribution is -2.57. The van der Waals surface area contributed by atoms with Gasteiger partial charge in [0.05, 0.1) is 0 Å². The molecule has 1 fully saturated rings. The van der Waals surface area contributed by atoms with E-state index in [-0.39, 0.29) is 25.1 Å². The van der Waals surface area contributed by atoms with Crippen molar-refractivity contribution in [3.8, 4) is 0 Å². The van der Waals surface area contributed by atoms with Crippen LogP contribution >= 0.6 is 24.0 Å². The summed E-state index contributed by atoms with van der Waals surface area (Å²) in [4.78, 5) is 14.1. The van der Waals surface area contributed by atoms with Crippen molar-refractivity contribution in [1.82, 2.24) is 4.90 Å². The predicted molar refractivity (Wildman–Crippen MR) is 107 cm³/mol. The molecule has 0 saturated carbocycles. The molecule has 0 radical (unpaired) electrons. The van der Waals surface area contributed by atoms with Crippen molar-refractivity contribution in [2.75, 3.05) is 13.1 Å². The Hall–Kier alpha value is -1.75. The van der Waals surface area contributed by atoms with Crippen molar-refractivity contribution >= 4 is 30.1 Å². The molecule has 0 aliphatic carbocycles. The van der Waals surface area contributed by atoms with Gasteiger partial charge in [0.2, 0.25) is 0 Å². The zero-order valence-electron chi connectivity index (χ0n) is 14.6. The minimum atomic E-state index is -0.433. The van der Waals surface area contributed by atoms with Crippen LogP contribution in [0.1, 0.15) is 24.0 Å². The number of nitrogens with zero attached hydrogens (tertiary/aromatic N) is 1. The van der Waals surface area contributed by atoms with Gasteiger partial charge in [0.25, 0.3) is 0 Å². The zero-order chi connectivity index (χ0) is 17.7. The third kappa shape index (κ3) is 5.63. The lowest BCUT2D eigenvalue weighted by molar-refractivity contribution is 0.0731. The number of rotatable bonds is 4. The molecule has 26 heavy (non-hydrogen) atoms. The molecule has 1 amide bonds. The lowest BCUT2D eigenvalue weighted by atomic mass is 9.84. The maximum Gasteiger partial charge on any atom is 0.410 e. The third-order valence-electron chi connectivity index (χ3n) is 4.54. The first-order valence-corrected chi connectivity index (χ1v) is 8.91. The number of benzene rings is 2. The average molecular weight is 395 g/mol. The van der Waals surface area contributed by atoms with Crippen LogP contribution in [-0.2, 0) is 17.8 Å².